The van der Waals surface area contributed by atoms with Crippen LogP contribution in [0.2, 0.25) is 0 Å². The third kappa shape index (κ3) is 5.90. The van der Waals surface area contributed by atoms with Gasteiger partial charge in [0.25, 0.3) is 5.91 Å². The minimum absolute atomic E-state index is 0.0244. The number of nitrogens with zero attached hydrogens (tertiary/aromatic N) is 3. The second kappa shape index (κ2) is 10.9. The van der Waals surface area contributed by atoms with E-state index in [2.05, 4.69) is 22.0 Å². The van der Waals surface area contributed by atoms with E-state index in [1.807, 2.05) is 32.9 Å². The van der Waals surface area contributed by atoms with Gasteiger partial charge in [0.1, 0.15) is 30.9 Å². The van der Waals surface area contributed by atoms with Crippen LogP contribution in [0.5, 0.6) is 0 Å². The summed E-state index contributed by atoms with van der Waals surface area (Å²) in [7, 11) is 0. The third-order valence-corrected chi connectivity index (χ3v) is 7.27. The molecule has 3 aliphatic heterocycles. The monoisotopic (exact) mass is 500 g/mol. The molecule has 4 rings (SSSR count). The summed E-state index contributed by atoms with van der Waals surface area (Å²) in [6, 6.07) is 5.91. The van der Waals surface area contributed by atoms with Gasteiger partial charge in [-0.15, -0.1) is 0 Å². The molecule has 3 saturated heterocycles. The molecule has 0 aliphatic carbocycles. The second-order valence-electron chi connectivity index (χ2n) is 11.4. The predicted octanol–water partition coefficient (Wildman–Crippen LogP) is 1.29. The van der Waals surface area contributed by atoms with Gasteiger partial charge < -0.3 is 25.0 Å². The van der Waals surface area contributed by atoms with Crippen molar-refractivity contribution in [3.05, 3.63) is 29.8 Å². The Kier molecular flexibility index (Phi) is 8.02. The van der Waals surface area contributed by atoms with Crippen molar-refractivity contribution in [1.29, 1.82) is 0 Å². The Morgan fingerprint density at radius 2 is 1.81 bits per heavy atom. The summed E-state index contributed by atoms with van der Waals surface area (Å²) < 4.78 is 5.40. The molecule has 0 radical (unpaired) electrons. The van der Waals surface area contributed by atoms with Crippen molar-refractivity contribution >= 4 is 23.3 Å². The van der Waals surface area contributed by atoms with Gasteiger partial charge in [0.05, 0.1) is 6.54 Å². The normalized spacial score (nSPS) is 25.7. The van der Waals surface area contributed by atoms with Crippen LogP contribution < -0.4 is 10.2 Å². The number of ether oxygens (including phenoxy) is 1. The highest BCUT2D eigenvalue weighted by molar-refractivity contribution is 5.99. The van der Waals surface area contributed by atoms with Crippen LogP contribution in [0.1, 0.15) is 50.9 Å². The maximum Gasteiger partial charge on any atom is 0.251 e. The number of β-amino-alcohol motifs (C(OH)–C–C–N with tert-alkyl or cyclic N) is 1. The molecule has 0 bridgehead atoms. The summed E-state index contributed by atoms with van der Waals surface area (Å²) in [5.41, 5.74) is 1.32. The number of hydrogen-bond acceptors (Lipinski definition) is 7. The van der Waals surface area contributed by atoms with E-state index in [-0.39, 0.29) is 36.2 Å². The number of likely N-dealkylation sites (tertiary alicyclic amines) is 1. The maximum absolute atomic E-state index is 13.5. The fraction of sp³-hybridized carbons (Fsp3) is 0.667. The Labute approximate surface area is 213 Å². The van der Waals surface area contributed by atoms with Crippen LogP contribution in [0.3, 0.4) is 0 Å². The van der Waals surface area contributed by atoms with Gasteiger partial charge in [-0.2, -0.15) is 0 Å². The number of fused-ring (bicyclic) bond motifs is 1. The first-order valence-electron chi connectivity index (χ1n) is 13.1. The maximum atomic E-state index is 13.5. The van der Waals surface area contributed by atoms with Crippen LogP contribution in [0, 0.1) is 5.41 Å². The number of carbonyl (C=O) groups is 3. The summed E-state index contributed by atoms with van der Waals surface area (Å²) in [5, 5.41) is 13.2. The molecule has 2 amide bonds. The Morgan fingerprint density at radius 1 is 1.14 bits per heavy atom. The fourth-order valence-electron chi connectivity index (χ4n) is 5.48. The van der Waals surface area contributed by atoms with Gasteiger partial charge in [-0.05, 0) is 49.1 Å². The Morgan fingerprint density at radius 3 is 2.42 bits per heavy atom. The van der Waals surface area contributed by atoms with Gasteiger partial charge >= 0.3 is 0 Å². The number of aliphatic hydroxyl groups is 1. The van der Waals surface area contributed by atoms with Crippen LogP contribution in [-0.4, -0.2) is 103 Å². The van der Waals surface area contributed by atoms with Gasteiger partial charge in [0, 0.05) is 37.4 Å². The van der Waals surface area contributed by atoms with Crippen LogP contribution >= 0.6 is 0 Å². The molecule has 198 valence electrons. The first-order chi connectivity index (χ1) is 17.1. The molecule has 0 saturated carbocycles. The highest BCUT2D eigenvalue weighted by Crippen LogP contribution is 2.30. The lowest BCUT2D eigenvalue weighted by molar-refractivity contribution is -0.138. The topological polar surface area (TPSA) is 102 Å². The molecule has 9 heteroatoms. The van der Waals surface area contributed by atoms with E-state index in [9.17, 15) is 19.5 Å². The quantitative estimate of drug-likeness (QED) is 0.582. The van der Waals surface area contributed by atoms with E-state index in [0.29, 0.717) is 12.0 Å². The summed E-state index contributed by atoms with van der Waals surface area (Å²) in [5.74, 6) is -0.899. The van der Waals surface area contributed by atoms with Gasteiger partial charge in [-0.25, -0.2) is 0 Å². The number of Topliss-reactive ketones (excluding diaryl/α,β-unsaturated/α-hetero) is 1. The number of carbonyl (C=O) groups excluding carboxylic acids is 3. The molecule has 3 aliphatic rings. The number of rotatable bonds is 7. The molecule has 1 aromatic carbocycles. The van der Waals surface area contributed by atoms with E-state index in [0.717, 1.165) is 44.8 Å². The predicted molar refractivity (Wildman–Crippen MR) is 137 cm³/mol. The molecule has 3 heterocycles. The van der Waals surface area contributed by atoms with Crippen molar-refractivity contribution in [2.24, 2.45) is 5.41 Å². The van der Waals surface area contributed by atoms with Crippen molar-refractivity contribution < 1.29 is 24.2 Å². The van der Waals surface area contributed by atoms with E-state index in [4.69, 9.17) is 4.74 Å². The first-order valence-corrected chi connectivity index (χ1v) is 13.1. The average molecular weight is 501 g/mol. The molecule has 0 aromatic heterocycles. The number of ketones is 1. The standard InChI is InChI=1S/C27H40N4O5/c1-5-10-29-11-13-30(14-12-29)19-8-6-18(7-9-19)25(34)28-20(15-27(2,3)4)26(35)31-16-21(32)24-23(31)22(33)17-36-24/h6-9,20-21,23-24,32H,5,10-17H2,1-4H3,(H,28,34)/t20?,21-,23-,24-/m1/s1. The number of nitrogens with one attached hydrogen (secondary N) is 1. The van der Waals surface area contributed by atoms with Crippen LogP contribution in [0.15, 0.2) is 24.3 Å². The molecule has 2 N–H and O–H groups in total. The van der Waals surface area contributed by atoms with Gasteiger partial charge in [0.15, 0.2) is 5.78 Å². The zero-order valence-corrected chi connectivity index (χ0v) is 21.9. The Bertz CT molecular complexity index is 952. The molecule has 1 unspecified atom stereocenters. The second-order valence-corrected chi connectivity index (χ2v) is 11.4. The van der Waals surface area contributed by atoms with Crippen molar-refractivity contribution in [2.45, 2.75) is 64.8 Å². The highest BCUT2D eigenvalue weighted by atomic mass is 16.5. The molecule has 36 heavy (non-hydrogen) atoms. The number of aliphatic hydroxyl groups excluding tert-OH is 1. The number of amides is 2. The minimum atomic E-state index is -0.909. The van der Waals surface area contributed by atoms with E-state index in [1.54, 1.807) is 12.1 Å². The zero-order valence-electron chi connectivity index (χ0n) is 21.9. The molecular weight excluding hydrogens is 460 g/mol. The number of hydrogen-bond donors (Lipinski definition) is 2. The lowest BCUT2D eigenvalue weighted by atomic mass is 9.87. The molecule has 4 atom stereocenters. The summed E-state index contributed by atoms with van der Waals surface area (Å²) in [4.78, 5) is 45.3. The van der Waals surface area contributed by atoms with Crippen molar-refractivity contribution in [2.75, 3.05) is 50.8 Å². The summed E-state index contributed by atoms with van der Waals surface area (Å²) in [6.07, 6.45) is -0.0419. The lowest BCUT2D eigenvalue weighted by Crippen LogP contribution is -2.53. The zero-order chi connectivity index (χ0) is 26.0. The summed E-state index contributed by atoms with van der Waals surface area (Å²) in [6.45, 7) is 13.2. The average Bonchev–Trinajstić information content (AvgIpc) is 3.38. The third-order valence-electron chi connectivity index (χ3n) is 7.27. The highest BCUT2D eigenvalue weighted by Gasteiger charge is 2.53. The van der Waals surface area contributed by atoms with Crippen LogP contribution in [0.25, 0.3) is 0 Å². The molecular formula is C27H40N4O5. The van der Waals surface area contributed by atoms with Gasteiger partial charge in [-0.3, -0.25) is 19.3 Å². The van der Waals surface area contributed by atoms with Crippen molar-refractivity contribution in [1.82, 2.24) is 15.1 Å². The Balaban J connectivity index is 1.43. The van der Waals surface area contributed by atoms with E-state index < -0.39 is 24.3 Å². The van der Waals surface area contributed by atoms with Gasteiger partial charge in [-0.1, -0.05) is 27.7 Å². The fourth-order valence-corrected chi connectivity index (χ4v) is 5.48. The number of anilines is 1. The van der Waals surface area contributed by atoms with Crippen LogP contribution in [-0.2, 0) is 14.3 Å². The molecule has 0 spiro atoms. The smallest absolute Gasteiger partial charge is 0.251 e. The Hall–Kier alpha value is -2.49. The van der Waals surface area contributed by atoms with Crippen molar-refractivity contribution in [3.8, 4) is 0 Å². The van der Waals surface area contributed by atoms with E-state index in [1.165, 1.54) is 4.90 Å². The van der Waals surface area contributed by atoms with E-state index >= 15 is 0 Å². The van der Waals surface area contributed by atoms with Gasteiger partial charge in [0.2, 0.25) is 5.91 Å². The number of piperazine rings is 1. The largest absolute Gasteiger partial charge is 0.388 e. The summed E-state index contributed by atoms with van der Waals surface area (Å²) >= 11 is 0. The molecule has 9 nitrogen and oxygen atoms in total. The van der Waals surface area contributed by atoms with Crippen molar-refractivity contribution in [3.63, 3.8) is 0 Å². The molecule has 1 aromatic rings. The lowest BCUT2D eigenvalue weighted by Gasteiger charge is -2.36. The minimum Gasteiger partial charge on any atom is -0.388 e. The number of benzene rings is 1. The molecule has 3 fully saturated rings. The SMILES string of the molecule is CCCN1CCN(c2ccc(C(=O)NC(CC(C)(C)C)C(=O)N3C[C@@H](O)[C@H]4OCC(=O)[C@H]43)cc2)CC1. The first kappa shape index (κ1) is 26.6. The van der Waals surface area contributed by atoms with Crippen LogP contribution in [0.4, 0.5) is 5.69 Å².